The number of hydrogen-bond donors (Lipinski definition) is 7. The zero-order valence-electron chi connectivity index (χ0n) is 25.4. The highest BCUT2D eigenvalue weighted by Crippen LogP contribution is 2.28. The molecule has 4 aromatic rings. The Morgan fingerprint density at radius 3 is 2.64 bits per heavy atom. The molecule has 3 heterocycles. The number of likely N-dealkylation sites (tertiary alicyclic amines) is 1. The lowest BCUT2D eigenvalue weighted by Crippen LogP contribution is -2.36. The number of unbranched alkanes of at least 4 members (excludes halogenated alkanes) is 1. The first-order valence-electron chi connectivity index (χ1n) is 15.7. The Morgan fingerprint density at radius 1 is 1.00 bits per heavy atom. The third kappa shape index (κ3) is 9.38. The molecule has 1 saturated heterocycles. The number of aliphatic hydroxyl groups excluding tert-OH is 1. The number of carbonyl (C=O) groups is 1. The van der Waals surface area contributed by atoms with E-state index in [0.29, 0.717) is 47.8 Å². The summed E-state index contributed by atoms with van der Waals surface area (Å²) in [6, 6.07) is 17.5. The van der Waals surface area contributed by atoms with Crippen molar-refractivity contribution in [3.05, 3.63) is 91.9 Å². The van der Waals surface area contributed by atoms with Crippen molar-refractivity contribution in [1.82, 2.24) is 25.8 Å². The largest absolute Gasteiger partial charge is 0.508 e. The third-order valence-corrected chi connectivity index (χ3v) is 9.39. The Labute approximate surface area is 267 Å². The molecule has 2 aromatic heterocycles. The van der Waals surface area contributed by atoms with Gasteiger partial charge in [-0.2, -0.15) is 0 Å². The molecule has 0 bridgehead atoms. The molecule has 1 aliphatic rings. The first-order chi connectivity index (χ1) is 21.9. The summed E-state index contributed by atoms with van der Waals surface area (Å²) in [5.41, 5.74) is 1.79. The van der Waals surface area contributed by atoms with Crippen molar-refractivity contribution in [2.24, 2.45) is 5.92 Å². The number of aliphatic hydroxyl groups is 1. The number of amides is 1. The average Bonchev–Trinajstić information content (AvgIpc) is 3.51. The summed E-state index contributed by atoms with van der Waals surface area (Å²) >= 11 is 1.53. The summed E-state index contributed by atoms with van der Waals surface area (Å²) in [6.07, 6.45) is 3.16. The van der Waals surface area contributed by atoms with Gasteiger partial charge in [-0.05, 0) is 105 Å². The molecule has 0 aliphatic carbocycles. The van der Waals surface area contributed by atoms with Crippen LogP contribution in [-0.4, -0.2) is 70.4 Å². The normalized spacial score (nSPS) is 15.0. The minimum atomic E-state index is -0.795. The van der Waals surface area contributed by atoms with E-state index in [1.54, 1.807) is 18.2 Å². The smallest absolute Gasteiger partial charge is 0.261 e. The van der Waals surface area contributed by atoms with Crippen molar-refractivity contribution in [1.29, 1.82) is 0 Å². The van der Waals surface area contributed by atoms with Crippen LogP contribution in [0.15, 0.2) is 65.5 Å². The number of fused-ring (bicyclic) bond motifs is 1. The monoisotopic (exact) mass is 633 g/mol. The third-order valence-electron chi connectivity index (χ3n) is 8.31. The maximum atomic E-state index is 12.6. The number of H-pyrrole nitrogens is 1. The van der Waals surface area contributed by atoms with Gasteiger partial charge in [-0.25, -0.2) is 0 Å². The van der Waals surface area contributed by atoms with Crippen LogP contribution in [0.4, 0.5) is 0 Å². The van der Waals surface area contributed by atoms with Crippen LogP contribution in [0, 0.1) is 5.92 Å². The second kappa shape index (κ2) is 16.0. The predicted molar refractivity (Wildman–Crippen MR) is 178 cm³/mol. The van der Waals surface area contributed by atoms with E-state index in [1.807, 2.05) is 24.3 Å². The SMILES string of the molecule is O=C(NCCCCNC[C@H](O)c1ccc(O)c2[nH]c(=O)ccc12)c1ccc(CNCC2CCN(Cc3cccc(O)c3)CC2)s1. The second-order valence-electron chi connectivity index (χ2n) is 11.8. The molecule has 10 nitrogen and oxygen atoms in total. The number of aromatic hydroxyl groups is 2. The Balaban J connectivity index is 0.925. The first kappa shape index (κ1) is 32.6. The summed E-state index contributed by atoms with van der Waals surface area (Å²) in [5, 5.41) is 40.8. The zero-order valence-corrected chi connectivity index (χ0v) is 26.2. The minimum Gasteiger partial charge on any atom is -0.508 e. The lowest BCUT2D eigenvalue weighted by atomic mass is 9.96. The van der Waals surface area contributed by atoms with Gasteiger partial charge in [-0.15, -0.1) is 11.3 Å². The fourth-order valence-corrected chi connectivity index (χ4v) is 6.71. The van der Waals surface area contributed by atoms with Crippen LogP contribution in [0.2, 0.25) is 0 Å². The van der Waals surface area contributed by atoms with Gasteiger partial charge in [-0.3, -0.25) is 14.5 Å². The van der Waals surface area contributed by atoms with E-state index >= 15 is 0 Å². The maximum absolute atomic E-state index is 12.6. The lowest BCUT2D eigenvalue weighted by Gasteiger charge is -2.32. The summed E-state index contributed by atoms with van der Waals surface area (Å²) in [5.74, 6) is 0.884. The summed E-state index contributed by atoms with van der Waals surface area (Å²) in [7, 11) is 0. The Kier molecular flexibility index (Phi) is 11.6. The van der Waals surface area contributed by atoms with Gasteiger partial charge >= 0.3 is 0 Å². The molecule has 0 saturated carbocycles. The highest BCUT2D eigenvalue weighted by atomic mass is 32.1. The number of nitrogens with one attached hydrogen (secondary N) is 4. The molecule has 1 atom stereocenters. The summed E-state index contributed by atoms with van der Waals surface area (Å²) in [6.45, 7) is 6.32. The Hall–Kier alpha value is -3.74. The van der Waals surface area contributed by atoms with Crippen molar-refractivity contribution < 1.29 is 20.1 Å². The number of aromatic amines is 1. The van der Waals surface area contributed by atoms with Crippen LogP contribution in [0.3, 0.4) is 0 Å². The van der Waals surface area contributed by atoms with Gasteiger partial charge in [0.2, 0.25) is 5.56 Å². The molecule has 240 valence electrons. The molecule has 5 rings (SSSR count). The van der Waals surface area contributed by atoms with Crippen LogP contribution in [-0.2, 0) is 13.1 Å². The number of rotatable bonds is 15. The van der Waals surface area contributed by atoms with Gasteiger partial charge < -0.3 is 36.3 Å². The van der Waals surface area contributed by atoms with Gasteiger partial charge in [-0.1, -0.05) is 18.2 Å². The molecule has 0 spiro atoms. The molecule has 0 radical (unpaired) electrons. The minimum absolute atomic E-state index is 0.0324. The summed E-state index contributed by atoms with van der Waals surface area (Å²) in [4.78, 5) is 31.2. The summed E-state index contributed by atoms with van der Waals surface area (Å²) < 4.78 is 0. The molecule has 45 heavy (non-hydrogen) atoms. The highest BCUT2D eigenvalue weighted by Gasteiger charge is 2.19. The number of carbonyl (C=O) groups excluding carboxylic acids is 1. The average molecular weight is 634 g/mol. The molecule has 2 aromatic carbocycles. The number of aromatic nitrogens is 1. The standard InChI is InChI=1S/C34H43N5O5S/c40-25-5-3-4-24(18-25)22-39-16-12-23(13-17-39)19-36-20-26-6-10-31(45-26)34(44)37-15-2-1-14-35-21-30(42)27-7-9-29(41)33-28(27)8-11-32(43)38-33/h3-11,18,23,30,35-36,40-42H,1-2,12-17,19-22H2,(H,37,44)(H,38,43)/t30-/m0/s1. The lowest BCUT2D eigenvalue weighted by molar-refractivity contribution is 0.0957. The quantitative estimate of drug-likeness (QED) is 0.0977. The molecule has 1 amide bonds. The fourth-order valence-electron chi connectivity index (χ4n) is 5.82. The molecule has 0 unspecified atom stereocenters. The van der Waals surface area contributed by atoms with Gasteiger partial charge in [0.05, 0.1) is 16.5 Å². The number of hydrogen-bond acceptors (Lipinski definition) is 9. The molecule has 7 N–H and O–H groups in total. The Bertz CT molecular complexity index is 1610. The van der Waals surface area contributed by atoms with E-state index in [9.17, 15) is 24.9 Å². The fraction of sp³-hybridized carbons (Fsp3) is 0.412. The van der Waals surface area contributed by atoms with E-state index in [-0.39, 0.29) is 17.2 Å². The molecular formula is C34H43N5O5S. The van der Waals surface area contributed by atoms with Crippen molar-refractivity contribution in [2.75, 3.05) is 39.3 Å². The molecule has 1 aliphatic heterocycles. The second-order valence-corrected chi connectivity index (χ2v) is 12.9. The molecule has 1 fully saturated rings. The number of thiophene rings is 1. The number of benzene rings is 2. The van der Waals surface area contributed by atoms with Gasteiger partial charge in [0.25, 0.3) is 5.91 Å². The van der Waals surface area contributed by atoms with Crippen molar-refractivity contribution in [3.8, 4) is 11.5 Å². The van der Waals surface area contributed by atoms with Crippen LogP contribution in [0.1, 0.15) is 57.5 Å². The van der Waals surface area contributed by atoms with E-state index in [1.165, 1.54) is 23.5 Å². The van der Waals surface area contributed by atoms with Crippen LogP contribution in [0.25, 0.3) is 10.9 Å². The van der Waals surface area contributed by atoms with E-state index in [4.69, 9.17) is 0 Å². The van der Waals surface area contributed by atoms with Gasteiger partial charge in [0, 0.05) is 42.5 Å². The van der Waals surface area contributed by atoms with Gasteiger partial charge in [0.1, 0.15) is 11.5 Å². The van der Waals surface area contributed by atoms with Crippen LogP contribution >= 0.6 is 11.3 Å². The number of pyridine rings is 1. The number of nitrogens with zero attached hydrogens (tertiary/aromatic N) is 1. The van der Waals surface area contributed by atoms with Crippen LogP contribution < -0.4 is 21.5 Å². The molecule has 11 heteroatoms. The Morgan fingerprint density at radius 2 is 1.82 bits per heavy atom. The topological polar surface area (TPSA) is 150 Å². The molecular weight excluding hydrogens is 590 g/mol. The van der Waals surface area contributed by atoms with Gasteiger partial charge in [0.15, 0.2) is 0 Å². The first-order valence-corrected chi connectivity index (χ1v) is 16.5. The zero-order chi connectivity index (χ0) is 31.6. The number of phenolic OH excluding ortho intramolecular Hbond substituents is 2. The number of piperidine rings is 1. The van der Waals surface area contributed by atoms with Crippen molar-refractivity contribution in [3.63, 3.8) is 0 Å². The highest BCUT2D eigenvalue weighted by molar-refractivity contribution is 7.14. The predicted octanol–water partition coefficient (Wildman–Crippen LogP) is 3.84. The van der Waals surface area contributed by atoms with Crippen LogP contribution in [0.5, 0.6) is 11.5 Å². The maximum Gasteiger partial charge on any atom is 0.261 e. The number of phenols is 2. The van der Waals surface area contributed by atoms with E-state index < -0.39 is 6.10 Å². The van der Waals surface area contributed by atoms with Crippen molar-refractivity contribution >= 4 is 28.1 Å². The van der Waals surface area contributed by atoms with E-state index in [0.717, 1.165) is 73.7 Å². The van der Waals surface area contributed by atoms with Crippen molar-refractivity contribution in [2.45, 2.75) is 44.9 Å². The van der Waals surface area contributed by atoms with E-state index in [2.05, 4.69) is 31.9 Å².